The summed E-state index contributed by atoms with van der Waals surface area (Å²) < 4.78 is 5.24. The fourth-order valence-electron chi connectivity index (χ4n) is 3.49. The van der Waals surface area contributed by atoms with Gasteiger partial charge in [0, 0.05) is 44.6 Å². The summed E-state index contributed by atoms with van der Waals surface area (Å²) in [4.78, 5) is 21.2. The van der Waals surface area contributed by atoms with Crippen molar-refractivity contribution in [3.05, 3.63) is 59.9 Å². The molecular formula is C22H29N3O2. The van der Waals surface area contributed by atoms with Crippen LogP contribution in [0.1, 0.15) is 25.0 Å². The number of hydrogen-bond acceptors (Lipinski definition) is 4. The Balaban J connectivity index is 1.55. The summed E-state index contributed by atoms with van der Waals surface area (Å²) in [6.45, 7) is 8.03. The van der Waals surface area contributed by atoms with Gasteiger partial charge in [0.15, 0.2) is 0 Å². The average molecular weight is 367 g/mol. The molecule has 0 radical (unpaired) electrons. The van der Waals surface area contributed by atoms with Crippen molar-refractivity contribution in [3.8, 4) is 5.75 Å². The van der Waals surface area contributed by atoms with Crippen molar-refractivity contribution in [1.82, 2.24) is 14.8 Å². The highest BCUT2D eigenvalue weighted by Crippen LogP contribution is 2.21. The predicted molar refractivity (Wildman–Crippen MR) is 107 cm³/mol. The lowest BCUT2D eigenvalue weighted by molar-refractivity contribution is -0.138. The van der Waals surface area contributed by atoms with Crippen molar-refractivity contribution in [2.75, 3.05) is 26.7 Å². The van der Waals surface area contributed by atoms with E-state index in [0.29, 0.717) is 18.4 Å². The number of methoxy groups -OCH3 is 1. The Hall–Kier alpha value is -2.40. The average Bonchev–Trinajstić information content (AvgIpc) is 2.61. The van der Waals surface area contributed by atoms with Crippen LogP contribution in [-0.4, -0.2) is 53.5 Å². The van der Waals surface area contributed by atoms with Gasteiger partial charge >= 0.3 is 0 Å². The number of nitrogens with zero attached hydrogens (tertiary/aromatic N) is 3. The van der Waals surface area contributed by atoms with E-state index in [4.69, 9.17) is 4.74 Å². The molecule has 27 heavy (non-hydrogen) atoms. The normalized spacial score (nSPS) is 14.5. The number of carbonyl (C=O) groups excluding carboxylic acids is 1. The fraction of sp³-hybridized carbons (Fsp3) is 0.455. The number of pyridine rings is 1. The number of benzene rings is 1. The molecule has 1 amide bonds. The van der Waals surface area contributed by atoms with Gasteiger partial charge in [0.25, 0.3) is 0 Å². The van der Waals surface area contributed by atoms with Crippen molar-refractivity contribution in [2.24, 2.45) is 5.92 Å². The molecule has 3 rings (SSSR count). The fourth-order valence-corrected chi connectivity index (χ4v) is 3.49. The molecular weight excluding hydrogens is 338 g/mol. The van der Waals surface area contributed by atoms with Crippen molar-refractivity contribution in [2.45, 2.75) is 32.9 Å². The highest BCUT2D eigenvalue weighted by Gasteiger charge is 2.34. The summed E-state index contributed by atoms with van der Waals surface area (Å²) in [6.07, 6.45) is 4.11. The lowest BCUT2D eigenvalue weighted by Crippen LogP contribution is -2.61. The maximum absolute atomic E-state index is 12.6. The highest BCUT2D eigenvalue weighted by molar-refractivity contribution is 5.79. The predicted octanol–water partition coefficient (Wildman–Crippen LogP) is 3.00. The van der Waals surface area contributed by atoms with Gasteiger partial charge in [0.2, 0.25) is 5.91 Å². The van der Waals surface area contributed by atoms with Crippen molar-refractivity contribution in [3.63, 3.8) is 0 Å². The van der Waals surface area contributed by atoms with Crippen LogP contribution in [0.2, 0.25) is 0 Å². The van der Waals surface area contributed by atoms with Crippen LogP contribution in [0.25, 0.3) is 0 Å². The minimum absolute atomic E-state index is 0.188. The zero-order valence-electron chi connectivity index (χ0n) is 16.5. The van der Waals surface area contributed by atoms with Gasteiger partial charge in [-0.1, -0.05) is 26.0 Å². The Morgan fingerprint density at radius 3 is 2.63 bits per heavy atom. The summed E-state index contributed by atoms with van der Waals surface area (Å²) in [5, 5.41) is 0. The summed E-state index contributed by atoms with van der Waals surface area (Å²) in [6, 6.07) is 12.3. The third-order valence-corrected chi connectivity index (χ3v) is 4.96. The van der Waals surface area contributed by atoms with E-state index in [-0.39, 0.29) is 5.91 Å². The number of hydrogen-bond donors (Lipinski definition) is 0. The Kier molecular flexibility index (Phi) is 6.45. The van der Waals surface area contributed by atoms with E-state index in [2.05, 4.69) is 35.9 Å². The van der Waals surface area contributed by atoms with Gasteiger partial charge in [-0.05, 0) is 41.3 Å². The number of aromatic nitrogens is 1. The Morgan fingerprint density at radius 1 is 1.22 bits per heavy atom. The largest absolute Gasteiger partial charge is 0.497 e. The number of likely N-dealkylation sites (tertiary alicyclic amines) is 1. The summed E-state index contributed by atoms with van der Waals surface area (Å²) in [5.74, 6) is 1.57. The summed E-state index contributed by atoms with van der Waals surface area (Å²) >= 11 is 0. The van der Waals surface area contributed by atoms with E-state index in [9.17, 15) is 4.79 Å². The van der Waals surface area contributed by atoms with Gasteiger partial charge in [-0.25, -0.2) is 0 Å². The van der Waals surface area contributed by atoms with E-state index in [1.165, 1.54) is 5.56 Å². The van der Waals surface area contributed by atoms with E-state index in [0.717, 1.165) is 37.5 Å². The first kappa shape index (κ1) is 19.4. The van der Waals surface area contributed by atoms with E-state index in [1.54, 1.807) is 7.11 Å². The van der Waals surface area contributed by atoms with Crippen molar-refractivity contribution >= 4 is 5.91 Å². The molecule has 0 saturated carbocycles. The molecule has 144 valence electrons. The molecule has 0 atom stereocenters. The molecule has 1 saturated heterocycles. The molecule has 5 nitrogen and oxygen atoms in total. The minimum atomic E-state index is 0.188. The summed E-state index contributed by atoms with van der Waals surface area (Å²) in [5.41, 5.74) is 2.27. The molecule has 0 spiro atoms. The second-order valence-electron chi connectivity index (χ2n) is 7.66. The topological polar surface area (TPSA) is 45.7 Å². The van der Waals surface area contributed by atoms with E-state index in [1.807, 2.05) is 41.6 Å². The molecule has 0 aliphatic carbocycles. The van der Waals surface area contributed by atoms with Crippen LogP contribution in [0.4, 0.5) is 0 Å². The zero-order valence-corrected chi connectivity index (χ0v) is 16.5. The smallest absolute Gasteiger partial charge is 0.227 e. The van der Waals surface area contributed by atoms with Crippen LogP contribution in [0.3, 0.4) is 0 Å². The van der Waals surface area contributed by atoms with Crippen LogP contribution in [-0.2, 0) is 17.8 Å². The number of carbonyl (C=O) groups is 1. The first-order valence-corrected chi connectivity index (χ1v) is 9.59. The zero-order chi connectivity index (χ0) is 19.2. The van der Waals surface area contributed by atoms with Gasteiger partial charge in [-0.2, -0.15) is 0 Å². The third kappa shape index (κ3) is 5.30. The molecule has 1 aliphatic heterocycles. The number of amides is 1. The number of rotatable bonds is 8. The molecule has 2 heterocycles. The molecule has 1 aromatic heterocycles. The quantitative estimate of drug-likeness (QED) is 0.720. The highest BCUT2D eigenvalue weighted by atomic mass is 16.5. The molecule has 0 unspecified atom stereocenters. The third-order valence-electron chi connectivity index (χ3n) is 4.96. The molecule has 1 aromatic carbocycles. The lowest BCUT2D eigenvalue weighted by atomic mass is 10.0. The van der Waals surface area contributed by atoms with Crippen LogP contribution in [0.5, 0.6) is 5.75 Å². The minimum Gasteiger partial charge on any atom is -0.497 e. The molecule has 0 bridgehead atoms. The maximum Gasteiger partial charge on any atom is 0.227 e. The van der Waals surface area contributed by atoms with Gasteiger partial charge in [0.1, 0.15) is 5.75 Å². The van der Waals surface area contributed by atoms with Crippen LogP contribution < -0.4 is 4.74 Å². The van der Waals surface area contributed by atoms with E-state index < -0.39 is 0 Å². The Labute approximate surface area is 162 Å². The van der Waals surface area contributed by atoms with Crippen molar-refractivity contribution < 1.29 is 9.53 Å². The van der Waals surface area contributed by atoms with Crippen LogP contribution in [0, 0.1) is 5.92 Å². The van der Waals surface area contributed by atoms with Crippen LogP contribution in [0.15, 0.2) is 48.8 Å². The first-order chi connectivity index (χ1) is 13.0. The lowest BCUT2D eigenvalue weighted by Gasteiger charge is -2.46. The Morgan fingerprint density at radius 2 is 1.96 bits per heavy atom. The number of ether oxygens (including phenoxy) is 1. The molecule has 1 aliphatic rings. The van der Waals surface area contributed by atoms with Gasteiger partial charge in [-0.3, -0.25) is 14.7 Å². The molecule has 1 fully saturated rings. The first-order valence-electron chi connectivity index (χ1n) is 9.59. The molecule has 0 N–H and O–H groups in total. The maximum atomic E-state index is 12.6. The second-order valence-corrected chi connectivity index (χ2v) is 7.66. The Bertz CT molecular complexity index is 742. The molecule has 2 aromatic rings. The SMILES string of the molecule is COc1cccc(CC(=O)N2CC(N(Cc3ccncc3)CC(C)C)C2)c1. The van der Waals surface area contributed by atoms with Crippen molar-refractivity contribution in [1.29, 1.82) is 0 Å². The second kappa shape index (κ2) is 9.00. The van der Waals surface area contributed by atoms with Gasteiger partial charge in [-0.15, -0.1) is 0 Å². The van der Waals surface area contributed by atoms with Crippen LogP contribution >= 0.6 is 0 Å². The van der Waals surface area contributed by atoms with Gasteiger partial charge in [0.05, 0.1) is 13.5 Å². The monoisotopic (exact) mass is 367 g/mol. The standard InChI is InChI=1S/C22H29N3O2/c1-17(2)13-24(14-18-7-9-23-10-8-18)20-15-25(16-20)22(26)12-19-5-4-6-21(11-19)27-3/h4-11,17,20H,12-16H2,1-3H3. The molecule has 5 heteroatoms. The van der Waals surface area contributed by atoms with Gasteiger partial charge < -0.3 is 9.64 Å². The van der Waals surface area contributed by atoms with E-state index >= 15 is 0 Å². The summed E-state index contributed by atoms with van der Waals surface area (Å²) in [7, 11) is 1.65.